The molecule has 0 radical (unpaired) electrons. The van der Waals surface area contributed by atoms with Crippen LogP contribution in [0.25, 0.3) is 22.4 Å². The third-order valence-electron chi connectivity index (χ3n) is 3.46. The van der Waals surface area contributed by atoms with Crippen LogP contribution in [0.1, 0.15) is 6.92 Å². The number of hydrogen-bond donors (Lipinski definition) is 3. The van der Waals surface area contributed by atoms with Crippen molar-refractivity contribution < 1.29 is 14.6 Å². The second-order valence-electron chi connectivity index (χ2n) is 5.17. The summed E-state index contributed by atoms with van der Waals surface area (Å²) in [6.07, 6.45) is 1.47. The van der Waals surface area contributed by atoms with E-state index >= 15 is 0 Å². The number of fused-ring (bicyclic) bond motifs is 1. The van der Waals surface area contributed by atoms with Gasteiger partial charge in [-0.2, -0.15) is 0 Å². The minimum atomic E-state index is -0.354. The number of aromatic nitrogens is 3. The molecule has 0 fully saturated rings. The number of carbonyl (C=O) groups is 1. The maximum absolute atomic E-state index is 11.6. The molecule has 3 rings (SSSR count). The number of anilines is 1. The first-order valence-corrected chi connectivity index (χ1v) is 7.66. The molecule has 0 aliphatic heterocycles. The number of ether oxygens (including phenoxy) is 1. The quantitative estimate of drug-likeness (QED) is 0.674. The van der Waals surface area contributed by atoms with Crippen molar-refractivity contribution in [3.8, 4) is 22.8 Å². The zero-order valence-corrected chi connectivity index (χ0v) is 13.8. The van der Waals surface area contributed by atoms with Crippen LogP contribution in [-0.2, 0) is 0 Å². The summed E-state index contributed by atoms with van der Waals surface area (Å²) in [5, 5.41) is 15.1. The first kappa shape index (κ1) is 16.4. The van der Waals surface area contributed by atoms with Gasteiger partial charge in [-0.05, 0) is 37.3 Å². The Morgan fingerprint density at radius 1 is 1.24 bits per heavy atom. The molecule has 0 unspecified atom stereocenters. The lowest BCUT2D eigenvalue weighted by Crippen LogP contribution is -2.28. The summed E-state index contributed by atoms with van der Waals surface area (Å²) >= 11 is 0. The predicted molar refractivity (Wildman–Crippen MR) is 93.7 cm³/mol. The third-order valence-corrected chi connectivity index (χ3v) is 3.46. The number of pyridine rings is 1. The summed E-state index contributed by atoms with van der Waals surface area (Å²) in [5.74, 6) is 0.720. The maximum atomic E-state index is 11.6. The third kappa shape index (κ3) is 3.57. The molecule has 0 saturated heterocycles. The number of amides is 2. The Bertz CT molecular complexity index is 929. The molecule has 1 aromatic carbocycles. The number of nitrogens with one attached hydrogen (secondary N) is 2. The van der Waals surface area contributed by atoms with Crippen LogP contribution in [0.5, 0.6) is 11.5 Å². The number of urea groups is 1. The number of phenolic OH excluding ortho intramolecular Hbond substituents is 1. The summed E-state index contributed by atoms with van der Waals surface area (Å²) in [4.78, 5) is 24.6. The lowest BCUT2D eigenvalue weighted by Gasteiger charge is -2.08. The number of aromatic hydroxyl groups is 1. The topological polar surface area (TPSA) is 109 Å². The normalized spacial score (nSPS) is 10.5. The van der Waals surface area contributed by atoms with Crippen molar-refractivity contribution >= 4 is 23.0 Å². The van der Waals surface area contributed by atoms with Crippen LogP contribution in [0.3, 0.4) is 0 Å². The molecule has 128 valence electrons. The molecule has 3 N–H and O–H groups in total. The number of phenols is 1. The minimum absolute atomic E-state index is 0.0274. The largest absolute Gasteiger partial charge is 0.504 e. The Kier molecular flexibility index (Phi) is 4.60. The highest BCUT2D eigenvalue weighted by molar-refractivity contribution is 5.89. The lowest BCUT2D eigenvalue weighted by atomic mass is 10.1. The molecule has 0 aliphatic carbocycles. The van der Waals surface area contributed by atoms with Crippen molar-refractivity contribution in [2.45, 2.75) is 6.92 Å². The lowest BCUT2D eigenvalue weighted by molar-refractivity contribution is 0.252. The Morgan fingerprint density at radius 2 is 2.08 bits per heavy atom. The molecule has 2 amide bonds. The number of rotatable bonds is 4. The van der Waals surface area contributed by atoms with Crippen LogP contribution in [0, 0.1) is 0 Å². The average molecular weight is 339 g/mol. The van der Waals surface area contributed by atoms with E-state index in [9.17, 15) is 9.90 Å². The van der Waals surface area contributed by atoms with Crippen LogP contribution in [0.2, 0.25) is 0 Å². The van der Waals surface area contributed by atoms with E-state index in [4.69, 9.17) is 4.74 Å². The minimum Gasteiger partial charge on any atom is -0.504 e. The van der Waals surface area contributed by atoms with Gasteiger partial charge >= 0.3 is 6.03 Å². The summed E-state index contributed by atoms with van der Waals surface area (Å²) in [6, 6.07) is 8.23. The molecule has 0 atom stereocenters. The molecule has 8 heteroatoms. The van der Waals surface area contributed by atoms with E-state index in [0.717, 1.165) is 0 Å². The van der Waals surface area contributed by atoms with Gasteiger partial charge in [0.2, 0.25) is 0 Å². The van der Waals surface area contributed by atoms with Crippen LogP contribution < -0.4 is 15.4 Å². The highest BCUT2D eigenvalue weighted by atomic mass is 16.5. The van der Waals surface area contributed by atoms with Crippen LogP contribution >= 0.6 is 0 Å². The fourth-order valence-corrected chi connectivity index (χ4v) is 2.29. The second-order valence-corrected chi connectivity index (χ2v) is 5.17. The average Bonchev–Trinajstić information content (AvgIpc) is 2.61. The van der Waals surface area contributed by atoms with Crippen LogP contribution in [0.15, 0.2) is 36.5 Å². The van der Waals surface area contributed by atoms with Gasteiger partial charge < -0.3 is 15.2 Å². The van der Waals surface area contributed by atoms with E-state index in [-0.39, 0.29) is 11.8 Å². The van der Waals surface area contributed by atoms with Crippen molar-refractivity contribution in [2.75, 3.05) is 19.0 Å². The number of nitrogens with zero attached hydrogens (tertiary/aromatic N) is 3. The highest BCUT2D eigenvalue weighted by Crippen LogP contribution is 2.31. The molecule has 2 heterocycles. The summed E-state index contributed by atoms with van der Waals surface area (Å²) in [7, 11) is 1.49. The second kappa shape index (κ2) is 7.00. The van der Waals surface area contributed by atoms with Crippen molar-refractivity contribution in [1.82, 2.24) is 20.3 Å². The van der Waals surface area contributed by atoms with E-state index in [2.05, 4.69) is 25.6 Å². The SMILES string of the molecule is CCNC(=O)Nc1cnc2ccc(-c3ccc(OC)c(O)c3)nc2n1. The van der Waals surface area contributed by atoms with E-state index < -0.39 is 0 Å². The van der Waals surface area contributed by atoms with Gasteiger partial charge in [0, 0.05) is 12.1 Å². The number of methoxy groups -OCH3 is 1. The summed E-state index contributed by atoms with van der Waals surface area (Å²) in [5.41, 5.74) is 2.32. The fraction of sp³-hybridized carbons (Fsp3) is 0.176. The van der Waals surface area contributed by atoms with E-state index in [1.165, 1.54) is 13.3 Å². The van der Waals surface area contributed by atoms with Crippen molar-refractivity contribution in [2.24, 2.45) is 0 Å². The predicted octanol–water partition coefficient (Wildman–Crippen LogP) is 2.55. The molecule has 25 heavy (non-hydrogen) atoms. The zero-order valence-electron chi connectivity index (χ0n) is 13.8. The van der Waals surface area contributed by atoms with Gasteiger partial charge in [-0.3, -0.25) is 5.32 Å². The molecular weight excluding hydrogens is 322 g/mol. The number of carbonyl (C=O) groups excluding carboxylic acids is 1. The van der Waals surface area contributed by atoms with Crippen molar-refractivity contribution in [1.29, 1.82) is 0 Å². The van der Waals surface area contributed by atoms with E-state index in [1.807, 2.05) is 6.92 Å². The molecular formula is C17H17N5O3. The molecule has 8 nitrogen and oxygen atoms in total. The van der Waals surface area contributed by atoms with Crippen molar-refractivity contribution in [3.05, 3.63) is 36.5 Å². The van der Waals surface area contributed by atoms with Gasteiger partial charge in [-0.25, -0.2) is 19.7 Å². The van der Waals surface area contributed by atoms with Gasteiger partial charge in [0.15, 0.2) is 23.0 Å². The summed E-state index contributed by atoms with van der Waals surface area (Å²) < 4.78 is 5.04. The monoisotopic (exact) mass is 339 g/mol. The molecule has 2 aromatic heterocycles. The zero-order chi connectivity index (χ0) is 17.8. The van der Waals surface area contributed by atoms with Gasteiger partial charge in [0.1, 0.15) is 5.52 Å². The first-order chi connectivity index (χ1) is 12.1. The standard InChI is InChI=1S/C17H17N5O3/c1-3-18-17(24)22-15-9-19-12-6-5-11(20-16(12)21-15)10-4-7-14(25-2)13(23)8-10/h4-9,23H,3H2,1-2H3,(H2,18,20,21,22,24). The smallest absolute Gasteiger partial charge is 0.320 e. The first-order valence-electron chi connectivity index (χ1n) is 7.66. The van der Waals surface area contributed by atoms with E-state index in [1.54, 1.807) is 30.3 Å². The van der Waals surface area contributed by atoms with Crippen LogP contribution in [-0.4, -0.2) is 39.7 Å². The molecule has 0 spiro atoms. The van der Waals surface area contributed by atoms with Gasteiger partial charge in [-0.15, -0.1) is 0 Å². The molecule has 3 aromatic rings. The van der Waals surface area contributed by atoms with Gasteiger partial charge in [0.05, 0.1) is 19.0 Å². The molecule has 0 saturated carbocycles. The maximum Gasteiger partial charge on any atom is 0.320 e. The van der Waals surface area contributed by atoms with Gasteiger partial charge in [0.25, 0.3) is 0 Å². The number of benzene rings is 1. The summed E-state index contributed by atoms with van der Waals surface area (Å²) in [6.45, 7) is 2.33. The molecule has 0 bridgehead atoms. The Hall–Kier alpha value is -3.42. The Balaban J connectivity index is 1.95. The van der Waals surface area contributed by atoms with Crippen LogP contribution in [0.4, 0.5) is 10.6 Å². The Labute approximate surface area is 143 Å². The van der Waals surface area contributed by atoms with Gasteiger partial charge in [-0.1, -0.05) is 0 Å². The highest BCUT2D eigenvalue weighted by Gasteiger charge is 2.09. The fourth-order valence-electron chi connectivity index (χ4n) is 2.29. The molecule has 0 aliphatic rings. The van der Waals surface area contributed by atoms with Crippen molar-refractivity contribution in [3.63, 3.8) is 0 Å². The Morgan fingerprint density at radius 3 is 2.80 bits per heavy atom. The van der Waals surface area contributed by atoms with E-state index in [0.29, 0.717) is 40.5 Å². The number of hydrogen-bond acceptors (Lipinski definition) is 6.